The van der Waals surface area contributed by atoms with Gasteiger partial charge in [0.1, 0.15) is 10.2 Å². The number of aromatic nitrogens is 1. The summed E-state index contributed by atoms with van der Waals surface area (Å²) >= 11 is 19.4. The summed E-state index contributed by atoms with van der Waals surface area (Å²) in [6.45, 7) is 4.10. The van der Waals surface area contributed by atoms with Crippen LogP contribution >= 0.6 is 46.6 Å². The van der Waals surface area contributed by atoms with Gasteiger partial charge in [-0.15, -0.1) is 0 Å². The highest BCUT2D eigenvalue weighted by Crippen LogP contribution is 2.37. The van der Waals surface area contributed by atoms with Crippen molar-refractivity contribution in [2.45, 2.75) is 23.8 Å². The van der Waals surface area contributed by atoms with E-state index < -0.39 is 0 Å². The Hall–Kier alpha value is -0.410. The number of hydrogen-bond donors (Lipinski definition) is 0. The van der Waals surface area contributed by atoms with E-state index in [1.807, 2.05) is 13.8 Å². The Bertz CT molecular complexity index is 599. The van der Waals surface area contributed by atoms with Crippen molar-refractivity contribution in [1.82, 2.24) is 4.98 Å². The van der Waals surface area contributed by atoms with Crippen LogP contribution in [0.4, 0.5) is 0 Å². The molecule has 2 aromatic rings. The SMILES string of the molecule is Cc1ccc(C)c(Sc2nc(Cl)c(Cl)cc2Cl)c1. The Morgan fingerprint density at radius 2 is 1.72 bits per heavy atom. The molecule has 0 N–H and O–H groups in total. The molecule has 0 aliphatic carbocycles. The van der Waals surface area contributed by atoms with Crippen molar-refractivity contribution < 1.29 is 0 Å². The van der Waals surface area contributed by atoms with Crippen molar-refractivity contribution in [1.29, 1.82) is 0 Å². The van der Waals surface area contributed by atoms with Gasteiger partial charge in [0.2, 0.25) is 0 Å². The second-order valence-corrected chi connectivity index (χ2v) is 6.12. The summed E-state index contributed by atoms with van der Waals surface area (Å²) in [4.78, 5) is 5.32. The lowest BCUT2D eigenvalue weighted by atomic mass is 10.2. The molecule has 0 saturated heterocycles. The lowest BCUT2D eigenvalue weighted by molar-refractivity contribution is 1.13. The lowest BCUT2D eigenvalue weighted by Crippen LogP contribution is -1.87. The molecule has 0 bridgehead atoms. The van der Waals surface area contributed by atoms with E-state index in [0.29, 0.717) is 15.1 Å². The smallest absolute Gasteiger partial charge is 0.149 e. The topological polar surface area (TPSA) is 12.9 Å². The largest absolute Gasteiger partial charge is 0.226 e. The van der Waals surface area contributed by atoms with Crippen molar-refractivity contribution in [3.05, 3.63) is 50.6 Å². The minimum Gasteiger partial charge on any atom is -0.226 e. The molecule has 1 nitrogen and oxygen atoms in total. The van der Waals surface area contributed by atoms with Gasteiger partial charge in [0.25, 0.3) is 0 Å². The van der Waals surface area contributed by atoms with E-state index in [-0.39, 0.29) is 5.15 Å². The maximum Gasteiger partial charge on any atom is 0.149 e. The first-order chi connectivity index (χ1) is 8.47. The number of pyridine rings is 1. The van der Waals surface area contributed by atoms with E-state index in [1.54, 1.807) is 6.07 Å². The van der Waals surface area contributed by atoms with Crippen LogP contribution in [0.1, 0.15) is 11.1 Å². The average molecular weight is 319 g/mol. The Morgan fingerprint density at radius 3 is 2.44 bits per heavy atom. The molecule has 0 saturated carbocycles. The summed E-state index contributed by atoms with van der Waals surface area (Å²) in [7, 11) is 0. The number of rotatable bonds is 2. The Balaban J connectivity index is 2.40. The summed E-state index contributed by atoms with van der Waals surface area (Å²) < 4.78 is 0. The van der Waals surface area contributed by atoms with Gasteiger partial charge in [-0.3, -0.25) is 0 Å². The first-order valence-electron chi connectivity index (χ1n) is 5.24. The predicted molar refractivity (Wildman–Crippen MR) is 79.3 cm³/mol. The summed E-state index contributed by atoms with van der Waals surface area (Å²) in [5, 5.41) is 1.82. The van der Waals surface area contributed by atoms with Crippen LogP contribution < -0.4 is 0 Å². The third kappa shape index (κ3) is 3.12. The molecule has 0 radical (unpaired) electrons. The fourth-order valence-electron chi connectivity index (χ4n) is 1.42. The number of hydrogen-bond acceptors (Lipinski definition) is 2. The van der Waals surface area contributed by atoms with E-state index in [4.69, 9.17) is 34.8 Å². The van der Waals surface area contributed by atoms with Crippen LogP contribution in [-0.4, -0.2) is 4.98 Å². The first kappa shape index (κ1) is 14.0. The summed E-state index contributed by atoms with van der Waals surface area (Å²) in [5.74, 6) is 0. The quantitative estimate of drug-likeness (QED) is 0.648. The zero-order valence-corrected chi connectivity index (χ0v) is 12.9. The van der Waals surface area contributed by atoms with Crippen molar-refractivity contribution in [3.63, 3.8) is 0 Å². The monoisotopic (exact) mass is 317 g/mol. The number of benzene rings is 1. The van der Waals surface area contributed by atoms with Crippen molar-refractivity contribution in [2.24, 2.45) is 0 Å². The standard InChI is InChI=1S/C13H10Cl3NS/c1-7-3-4-8(2)11(5-7)18-13-10(15)6-9(14)12(16)17-13/h3-6H,1-2H3. The predicted octanol–water partition coefficient (Wildman–Crippen LogP) is 5.81. The zero-order chi connectivity index (χ0) is 13.3. The Labute approximate surface area is 125 Å². The van der Waals surface area contributed by atoms with Gasteiger partial charge in [-0.05, 0) is 37.1 Å². The minimum atomic E-state index is 0.272. The third-order valence-corrected chi connectivity index (χ3v) is 4.64. The van der Waals surface area contributed by atoms with Gasteiger partial charge in [0, 0.05) is 4.90 Å². The highest BCUT2D eigenvalue weighted by atomic mass is 35.5. The van der Waals surface area contributed by atoms with Crippen molar-refractivity contribution in [2.75, 3.05) is 0 Å². The molecule has 0 atom stereocenters. The molecular weight excluding hydrogens is 309 g/mol. The summed E-state index contributed by atoms with van der Waals surface area (Å²) in [6, 6.07) is 7.86. The highest BCUT2D eigenvalue weighted by Gasteiger charge is 2.10. The van der Waals surface area contributed by atoms with E-state index >= 15 is 0 Å². The van der Waals surface area contributed by atoms with Gasteiger partial charge < -0.3 is 0 Å². The van der Waals surface area contributed by atoms with Gasteiger partial charge in [0.05, 0.1) is 10.0 Å². The maximum absolute atomic E-state index is 6.12. The maximum atomic E-state index is 6.12. The van der Waals surface area contributed by atoms with Crippen LogP contribution in [0.3, 0.4) is 0 Å². The van der Waals surface area contributed by atoms with Crippen molar-refractivity contribution >= 4 is 46.6 Å². The molecule has 0 aliphatic rings. The average Bonchev–Trinajstić information content (AvgIpc) is 2.30. The van der Waals surface area contributed by atoms with Crippen LogP contribution in [0.5, 0.6) is 0 Å². The van der Waals surface area contributed by atoms with Gasteiger partial charge in [-0.1, -0.05) is 58.7 Å². The number of halogens is 3. The van der Waals surface area contributed by atoms with Gasteiger partial charge in [0.15, 0.2) is 0 Å². The van der Waals surface area contributed by atoms with Crippen LogP contribution in [0, 0.1) is 13.8 Å². The minimum absolute atomic E-state index is 0.272. The van der Waals surface area contributed by atoms with Crippen LogP contribution in [-0.2, 0) is 0 Å². The summed E-state index contributed by atoms with van der Waals surface area (Å²) in [5.41, 5.74) is 2.37. The fourth-order valence-corrected chi connectivity index (χ4v) is 3.06. The molecule has 0 amide bonds. The van der Waals surface area contributed by atoms with E-state index in [2.05, 4.69) is 23.2 Å². The second kappa shape index (κ2) is 5.70. The van der Waals surface area contributed by atoms with Crippen LogP contribution in [0.15, 0.2) is 34.2 Å². The van der Waals surface area contributed by atoms with Gasteiger partial charge in [-0.25, -0.2) is 4.98 Å². The highest BCUT2D eigenvalue weighted by molar-refractivity contribution is 7.99. The van der Waals surface area contributed by atoms with Gasteiger partial charge >= 0.3 is 0 Å². The molecule has 94 valence electrons. The molecule has 0 aliphatic heterocycles. The number of nitrogens with zero attached hydrogens (tertiary/aromatic N) is 1. The van der Waals surface area contributed by atoms with E-state index in [0.717, 1.165) is 4.90 Å². The third-order valence-electron chi connectivity index (χ3n) is 2.40. The number of aryl methyl sites for hydroxylation is 2. The van der Waals surface area contributed by atoms with E-state index in [9.17, 15) is 0 Å². The van der Waals surface area contributed by atoms with Crippen LogP contribution in [0.25, 0.3) is 0 Å². The van der Waals surface area contributed by atoms with Gasteiger partial charge in [-0.2, -0.15) is 0 Å². The second-order valence-electron chi connectivity index (χ2n) is 3.92. The molecule has 5 heteroatoms. The molecule has 0 fully saturated rings. The van der Waals surface area contributed by atoms with Crippen LogP contribution in [0.2, 0.25) is 15.2 Å². The van der Waals surface area contributed by atoms with Crippen molar-refractivity contribution in [3.8, 4) is 0 Å². The lowest BCUT2D eigenvalue weighted by Gasteiger charge is -2.08. The normalized spacial score (nSPS) is 10.7. The fraction of sp³-hybridized carbons (Fsp3) is 0.154. The zero-order valence-electron chi connectivity index (χ0n) is 9.80. The Morgan fingerprint density at radius 1 is 1.00 bits per heavy atom. The summed E-state index contributed by atoms with van der Waals surface area (Å²) in [6.07, 6.45) is 0. The Kier molecular flexibility index (Phi) is 4.44. The molecular formula is C13H10Cl3NS. The molecule has 1 aromatic carbocycles. The molecule has 2 rings (SSSR count). The molecule has 1 aromatic heterocycles. The first-order valence-corrected chi connectivity index (χ1v) is 7.19. The molecule has 0 spiro atoms. The molecule has 18 heavy (non-hydrogen) atoms. The molecule has 0 unspecified atom stereocenters. The van der Waals surface area contributed by atoms with E-state index in [1.165, 1.54) is 22.9 Å². The molecule has 1 heterocycles.